The lowest BCUT2D eigenvalue weighted by atomic mass is 10.0. The quantitative estimate of drug-likeness (QED) is 0.713. The molecule has 6 heteroatoms. The molecular weight excluding hydrogens is 372 g/mol. The number of nitrogens with one attached hydrogen (secondary N) is 1. The van der Waals surface area contributed by atoms with E-state index in [1.54, 1.807) is 18.2 Å². The van der Waals surface area contributed by atoms with Gasteiger partial charge in [0.1, 0.15) is 6.54 Å². The summed E-state index contributed by atoms with van der Waals surface area (Å²) in [5.41, 5.74) is 2.72. The first-order valence-electron chi connectivity index (χ1n) is 9.32. The second-order valence-corrected chi connectivity index (χ2v) is 8.91. The third-order valence-corrected chi connectivity index (χ3v) is 6.99. The van der Waals surface area contributed by atoms with Crippen LogP contribution in [0.5, 0.6) is 0 Å². The highest BCUT2D eigenvalue weighted by Crippen LogP contribution is 2.41. The van der Waals surface area contributed by atoms with E-state index in [0.717, 1.165) is 22.9 Å². The molecule has 3 aromatic carbocycles. The van der Waals surface area contributed by atoms with Gasteiger partial charge in [-0.15, -0.1) is 0 Å². The highest BCUT2D eigenvalue weighted by atomic mass is 32.2. The maximum atomic E-state index is 13.0. The van der Waals surface area contributed by atoms with Gasteiger partial charge < -0.3 is 5.32 Å². The molecule has 0 aromatic heterocycles. The van der Waals surface area contributed by atoms with Crippen molar-refractivity contribution in [3.63, 3.8) is 0 Å². The van der Waals surface area contributed by atoms with Gasteiger partial charge in [0.2, 0.25) is 5.91 Å². The van der Waals surface area contributed by atoms with Gasteiger partial charge in [-0.2, -0.15) is 0 Å². The van der Waals surface area contributed by atoms with Crippen molar-refractivity contribution in [2.24, 2.45) is 0 Å². The summed E-state index contributed by atoms with van der Waals surface area (Å²) >= 11 is 0. The average Bonchev–Trinajstić information content (AvgIpc) is 2.90. The number of benzene rings is 3. The lowest BCUT2D eigenvalue weighted by molar-refractivity contribution is -0.120. The Morgan fingerprint density at radius 2 is 1.71 bits per heavy atom. The van der Waals surface area contributed by atoms with Crippen LogP contribution >= 0.6 is 0 Å². The normalized spacial score (nSPS) is 15.6. The second-order valence-electron chi connectivity index (χ2n) is 7.08. The number of aryl methyl sites for hydroxylation is 1. The fourth-order valence-corrected chi connectivity index (χ4v) is 5.39. The molecular formula is C22H22N2O3S. The Kier molecular flexibility index (Phi) is 4.59. The minimum absolute atomic E-state index is 0.156. The van der Waals surface area contributed by atoms with Crippen LogP contribution in [-0.4, -0.2) is 20.9 Å². The van der Waals surface area contributed by atoms with E-state index < -0.39 is 10.0 Å². The van der Waals surface area contributed by atoms with E-state index in [4.69, 9.17) is 0 Å². The highest BCUT2D eigenvalue weighted by molar-refractivity contribution is 7.93. The molecule has 0 unspecified atom stereocenters. The smallest absolute Gasteiger partial charge is 0.265 e. The molecule has 144 valence electrons. The maximum Gasteiger partial charge on any atom is 0.265 e. The molecule has 1 amide bonds. The number of sulfonamides is 1. The van der Waals surface area contributed by atoms with E-state index >= 15 is 0 Å². The van der Waals surface area contributed by atoms with Crippen LogP contribution in [-0.2, 0) is 14.8 Å². The van der Waals surface area contributed by atoms with Crippen molar-refractivity contribution in [1.29, 1.82) is 0 Å². The Labute approximate surface area is 165 Å². The van der Waals surface area contributed by atoms with Gasteiger partial charge in [-0.05, 0) is 36.4 Å². The van der Waals surface area contributed by atoms with Crippen LogP contribution in [0, 0.1) is 6.92 Å². The van der Waals surface area contributed by atoms with Crippen molar-refractivity contribution >= 4 is 32.4 Å². The topological polar surface area (TPSA) is 66.5 Å². The summed E-state index contributed by atoms with van der Waals surface area (Å²) < 4.78 is 27.2. The van der Waals surface area contributed by atoms with E-state index in [0.29, 0.717) is 11.1 Å². The summed E-state index contributed by atoms with van der Waals surface area (Å²) in [6.45, 7) is 3.77. The minimum atomic E-state index is -3.73. The summed E-state index contributed by atoms with van der Waals surface area (Å²) in [6.07, 6.45) is 0.720. The van der Waals surface area contributed by atoms with Gasteiger partial charge in [0, 0.05) is 5.39 Å². The Hall–Kier alpha value is -2.86. The Morgan fingerprint density at radius 3 is 2.39 bits per heavy atom. The van der Waals surface area contributed by atoms with Crippen molar-refractivity contribution in [3.05, 3.63) is 71.8 Å². The predicted octanol–water partition coefficient (Wildman–Crippen LogP) is 3.92. The molecule has 1 N–H and O–H groups in total. The van der Waals surface area contributed by atoms with Crippen LogP contribution < -0.4 is 9.62 Å². The fraction of sp³-hybridized carbons (Fsp3) is 0.227. The first-order valence-corrected chi connectivity index (χ1v) is 10.8. The van der Waals surface area contributed by atoms with Crippen LogP contribution in [0.2, 0.25) is 0 Å². The Morgan fingerprint density at radius 1 is 1.04 bits per heavy atom. The molecule has 0 bridgehead atoms. The zero-order valence-corrected chi connectivity index (χ0v) is 16.7. The molecule has 28 heavy (non-hydrogen) atoms. The number of carbonyl (C=O) groups is 1. The van der Waals surface area contributed by atoms with Crippen LogP contribution in [0.25, 0.3) is 10.8 Å². The van der Waals surface area contributed by atoms with Gasteiger partial charge >= 0.3 is 0 Å². The number of hydrogen-bond acceptors (Lipinski definition) is 3. The van der Waals surface area contributed by atoms with Gasteiger partial charge in [0.05, 0.1) is 16.6 Å². The number of anilines is 1. The predicted molar refractivity (Wildman–Crippen MR) is 111 cm³/mol. The summed E-state index contributed by atoms with van der Waals surface area (Å²) in [5, 5.41) is 4.52. The molecule has 5 nitrogen and oxygen atoms in total. The Bertz CT molecular complexity index is 1150. The third kappa shape index (κ3) is 3.03. The molecule has 0 saturated heterocycles. The zero-order chi connectivity index (χ0) is 19.9. The van der Waals surface area contributed by atoms with Crippen LogP contribution in [0.1, 0.15) is 30.5 Å². The van der Waals surface area contributed by atoms with Crippen LogP contribution in [0.15, 0.2) is 65.6 Å². The largest absolute Gasteiger partial charge is 0.348 e. The van der Waals surface area contributed by atoms with Crippen molar-refractivity contribution in [2.45, 2.75) is 31.2 Å². The van der Waals surface area contributed by atoms with Crippen LogP contribution in [0.3, 0.4) is 0 Å². The first-order chi connectivity index (χ1) is 13.4. The van der Waals surface area contributed by atoms with E-state index in [2.05, 4.69) is 5.32 Å². The van der Waals surface area contributed by atoms with Gasteiger partial charge in [0.15, 0.2) is 0 Å². The lowest BCUT2D eigenvalue weighted by Crippen LogP contribution is -2.40. The molecule has 0 saturated carbocycles. The fourth-order valence-electron chi connectivity index (χ4n) is 3.72. The van der Waals surface area contributed by atoms with E-state index in [1.807, 2.05) is 56.3 Å². The number of rotatable bonds is 5. The highest BCUT2D eigenvalue weighted by Gasteiger charge is 2.36. The summed E-state index contributed by atoms with van der Waals surface area (Å²) in [4.78, 5) is 13.0. The summed E-state index contributed by atoms with van der Waals surface area (Å²) in [5.74, 6) is -0.319. The monoisotopic (exact) mass is 394 g/mol. The molecule has 1 atom stereocenters. The van der Waals surface area contributed by atoms with Crippen molar-refractivity contribution in [1.82, 2.24) is 5.32 Å². The van der Waals surface area contributed by atoms with Crippen molar-refractivity contribution in [2.75, 3.05) is 10.8 Å². The van der Waals surface area contributed by atoms with Crippen LogP contribution in [0.4, 0.5) is 5.69 Å². The van der Waals surface area contributed by atoms with Crippen molar-refractivity contribution in [3.8, 4) is 0 Å². The van der Waals surface area contributed by atoms with E-state index in [-0.39, 0.29) is 23.4 Å². The summed E-state index contributed by atoms with van der Waals surface area (Å²) in [7, 11) is -3.73. The standard InChI is InChI=1S/C22H22N2O3S/c1-3-18(16-12-10-15(2)11-13-16)23-21(25)14-24-19-8-4-6-17-7-5-9-20(22(17)19)28(24,26)27/h4-13,18H,3,14H2,1-2H3,(H,23,25)/t18-/m0/s1. The van der Waals surface area contributed by atoms with E-state index in [1.165, 1.54) is 4.31 Å². The number of hydrogen-bond donors (Lipinski definition) is 1. The molecule has 0 spiro atoms. The molecule has 1 aliphatic rings. The molecule has 1 aliphatic heterocycles. The molecule has 0 radical (unpaired) electrons. The summed E-state index contributed by atoms with van der Waals surface area (Å²) in [6, 6.07) is 18.5. The SMILES string of the molecule is CC[C@H](NC(=O)CN1c2cccc3cccc(c23)S1(=O)=O)c1ccc(C)cc1. The first kappa shape index (κ1) is 18.5. The number of nitrogens with zero attached hydrogens (tertiary/aromatic N) is 1. The zero-order valence-electron chi connectivity index (χ0n) is 15.8. The third-order valence-electron chi connectivity index (χ3n) is 5.19. The van der Waals surface area contributed by atoms with E-state index in [9.17, 15) is 13.2 Å². The second kappa shape index (κ2) is 6.95. The number of carbonyl (C=O) groups excluding carboxylic acids is 1. The van der Waals surface area contributed by atoms with Gasteiger partial charge in [-0.25, -0.2) is 8.42 Å². The van der Waals surface area contributed by atoms with Crippen molar-refractivity contribution < 1.29 is 13.2 Å². The molecule has 0 fully saturated rings. The van der Waals surface area contributed by atoms with Gasteiger partial charge in [-0.1, -0.05) is 61.0 Å². The molecule has 1 heterocycles. The van der Waals surface area contributed by atoms with Gasteiger partial charge in [-0.3, -0.25) is 9.10 Å². The molecule has 4 rings (SSSR count). The average molecular weight is 394 g/mol. The molecule has 3 aromatic rings. The minimum Gasteiger partial charge on any atom is -0.348 e. The Balaban J connectivity index is 1.60. The van der Waals surface area contributed by atoms with Gasteiger partial charge in [0.25, 0.3) is 10.0 Å². The maximum absolute atomic E-state index is 13.0. The number of amides is 1. The molecule has 0 aliphatic carbocycles. The lowest BCUT2D eigenvalue weighted by Gasteiger charge is -2.22.